The van der Waals surface area contributed by atoms with E-state index in [4.69, 9.17) is 0 Å². The fraction of sp³-hybridized carbons (Fsp3) is 0.326. The average molecular weight is 668 g/mol. The second kappa shape index (κ2) is 17.0. The van der Waals surface area contributed by atoms with Gasteiger partial charge in [0.2, 0.25) is 0 Å². The monoisotopic (exact) mass is 667 g/mol. The molecule has 0 spiro atoms. The van der Waals surface area contributed by atoms with Crippen molar-refractivity contribution in [2.45, 2.75) is 72.8 Å². The summed E-state index contributed by atoms with van der Waals surface area (Å²) in [6.07, 6.45) is 3.28. The number of amides is 2. The summed E-state index contributed by atoms with van der Waals surface area (Å²) in [4.78, 5) is 38.4. The number of hydrogen-bond donors (Lipinski definition) is 2. The first kappa shape index (κ1) is 36.1. The second-order valence-electron chi connectivity index (χ2n) is 13.4. The zero-order valence-corrected chi connectivity index (χ0v) is 30.2. The fourth-order valence-corrected chi connectivity index (χ4v) is 6.11. The van der Waals surface area contributed by atoms with Crippen LogP contribution >= 0.6 is 0 Å². The first-order chi connectivity index (χ1) is 24.2. The molecule has 2 N–H and O–H groups in total. The number of hydrogen-bond acceptors (Lipinski definition) is 4. The molecular formula is C43H49N5O2. The van der Waals surface area contributed by atoms with Gasteiger partial charge in [-0.05, 0) is 95.1 Å². The van der Waals surface area contributed by atoms with Crippen LogP contribution in [0.15, 0.2) is 95.9 Å². The highest BCUT2D eigenvalue weighted by atomic mass is 16.2. The molecule has 0 unspecified atom stereocenters. The maximum atomic E-state index is 14.2. The minimum Gasteiger partial charge on any atom is -0.307 e. The van der Waals surface area contributed by atoms with E-state index in [0.717, 1.165) is 64.8 Å². The molecule has 0 aliphatic carbocycles. The molecule has 2 aromatic heterocycles. The van der Waals surface area contributed by atoms with Gasteiger partial charge in [0.25, 0.3) is 5.56 Å². The number of anilines is 2. The Morgan fingerprint density at radius 2 is 1.62 bits per heavy atom. The van der Waals surface area contributed by atoms with Gasteiger partial charge in [0, 0.05) is 35.9 Å². The number of benzene rings is 3. The minimum absolute atomic E-state index is 0.134. The number of nitrogens with zero attached hydrogens (tertiary/aromatic N) is 3. The van der Waals surface area contributed by atoms with Crippen LogP contribution in [0.3, 0.4) is 0 Å². The zero-order chi connectivity index (χ0) is 35.6. The normalized spacial score (nSPS) is 11.2. The fourth-order valence-electron chi connectivity index (χ4n) is 6.11. The predicted molar refractivity (Wildman–Crippen MR) is 208 cm³/mol. The minimum atomic E-state index is -0.340. The zero-order valence-electron chi connectivity index (χ0n) is 30.2. The second-order valence-corrected chi connectivity index (χ2v) is 13.4. The van der Waals surface area contributed by atoms with E-state index in [-0.39, 0.29) is 23.4 Å². The number of pyridine rings is 2. The van der Waals surface area contributed by atoms with Crippen molar-refractivity contribution in [1.29, 1.82) is 0 Å². The highest BCUT2D eigenvalue weighted by Crippen LogP contribution is 2.38. The molecule has 0 bridgehead atoms. The molecule has 0 aliphatic rings. The van der Waals surface area contributed by atoms with Crippen molar-refractivity contribution in [1.82, 2.24) is 14.9 Å². The van der Waals surface area contributed by atoms with Gasteiger partial charge in [-0.15, -0.1) is 0 Å². The number of fused-ring (bicyclic) bond motifs is 1. The first-order valence-electron chi connectivity index (χ1n) is 17.8. The molecule has 0 fully saturated rings. The summed E-state index contributed by atoms with van der Waals surface area (Å²) in [5.41, 5.74) is 7.78. The molecule has 3 aromatic carbocycles. The molecule has 2 heterocycles. The Labute approximate surface area is 296 Å². The van der Waals surface area contributed by atoms with Gasteiger partial charge >= 0.3 is 6.03 Å². The van der Waals surface area contributed by atoms with Crippen LogP contribution in [0.2, 0.25) is 0 Å². The molecule has 0 radical (unpaired) electrons. The third kappa shape index (κ3) is 8.88. The smallest absolute Gasteiger partial charge is 0.307 e. The van der Waals surface area contributed by atoms with E-state index in [2.05, 4.69) is 134 Å². The van der Waals surface area contributed by atoms with E-state index in [1.54, 1.807) is 17.2 Å². The Balaban J connectivity index is 1.45. The van der Waals surface area contributed by atoms with Crippen LogP contribution in [0.1, 0.15) is 88.5 Å². The molecule has 5 rings (SSSR count). The van der Waals surface area contributed by atoms with Crippen LogP contribution in [-0.2, 0) is 6.54 Å². The molecule has 50 heavy (non-hydrogen) atoms. The van der Waals surface area contributed by atoms with Gasteiger partial charge in [0.1, 0.15) is 11.3 Å². The SMILES string of the molecule is CCCCN(C(=O)Nc1c(C(C)C)cc(-c2cccc(C#CCN(CC)Cc3ccccc3)c2)cc1C(C)C)c1cc2cccnc2[nH]c1=O. The van der Waals surface area contributed by atoms with Crippen LogP contribution in [0.25, 0.3) is 22.2 Å². The highest BCUT2D eigenvalue weighted by Gasteiger charge is 2.24. The summed E-state index contributed by atoms with van der Waals surface area (Å²) < 4.78 is 0. The third-order valence-electron chi connectivity index (χ3n) is 8.97. The van der Waals surface area contributed by atoms with Gasteiger partial charge in [-0.1, -0.05) is 102 Å². The number of carbonyl (C=O) groups is 1. The summed E-state index contributed by atoms with van der Waals surface area (Å²) in [7, 11) is 0. The number of aromatic nitrogens is 2. The van der Waals surface area contributed by atoms with Crippen LogP contribution in [0, 0.1) is 11.8 Å². The lowest BCUT2D eigenvalue weighted by Crippen LogP contribution is -2.39. The molecule has 2 amide bonds. The Morgan fingerprint density at radius 1 is 0.880 bits per heavy atom. The first-order valence-corrected chi connectivity index (χ1v) is 17.8. The molecule has 7 heteroatoms. The van der Waals surface area contributed by atoms with Crippen molar-refractivity contribution in [2.24, 2.45) is 0 Å². The lowest BCUT2D eigenvalue weighted by Gasteiger charge is -2.27. The van der Waals surface area contributed by atoms with Gasteiger partial charge in [-0.3, -0.25) is 14.6 Å². The quantitative estimate of drug-likeness (QED) is 0.130. The summed E-state index contributed by atoms with van der Waals surface area (Å²) in [5.74, 6) is 7.05. The molecule has 0 saturated heterocycles. The van der Waals surface area contributed by atoms with E-state index >= 15 is 0 Å². The van der Waals surface area contributed by atoms with Gasteiger partial charge in [-0.2, -0.15) is 0 Å². The van der Waals surface area contributed by atoms with Gasteiger partial charge in [0.05, 0.1) is 6.54 Å². The van der Waals surface area contributed by atoms with E-state index in [1.165, 1.54) is 5.56 Å². The van der Waals surface area contributed by atoms with Crippen molar-refractivity contribution in [3.63, 3.8) is 0 Å². The Kier molecular flexibility index (Phi) is 12.2. The molecule has 0 atom stereocenters. The van der Waals surface area contributed by atoms with E-state index in [1.807, 2.05) is 18.2 Å². The van der Waals surface area contributed by atoms with Crippen molar-refractivity contribution in [3.05, 3.63) is 124 Å². The third-order valence-corrected chi connectivity index (χ3v) is 8.97. The maximum absolute atomic E-state index is 14.2. The van der Waals surface area contributed by atoms with Gasteiger partial charge in [0.15, 0.2) is 0 Å². The van der Waals surface area contributed by atoms with Gasteiger partial charge < -0.3 is 10.3 Å². The lowest BCUT2D eigenvalue weighted by atomic mass is 9.88. The number of H-pyrrole nitrogens is 1. The molecule has 258 valence electrons. The lowest BCUT2D eigenvalue weighted by molar-refractivity contribution is 0.256. The molecule has 7 nitrogen and oxygen atoms in total. The number of nitrogens with one attached hydrogen (secondary N) is 2. The molecule has 5 aromatic rings. The Hall–Kier alpha value is -5.19. The number of unbranched alkanes of at least 4 members (excludes halogenated alkanes) is 1. The topological polar surface area (TPSA) is 81.3 Å². The van der Waals surface area contributed by atoms with Crippen molar-refractivity contribution < 1.29 is 4.79 Å². The van der Waals surface area contributed by atoms with Crippen LogP contribution < -0.4 is 15.8 Å². The predicted octanol–water partition coefficient (Wildman–Crippen LogP) is 9.55. The van der Waals surface area contributed by atoms with Crippen LogP contribution in [0.5, 0.6) is 0 Å². The summed E-state index contributed by atoms with van der Waals surface area (Å²) >= 11 is 0. The van der Waals surface area contributed by atoms with E-state index in [0.29, 0.717) is 24.4 Å². The van der Waals surface area contributed by atoms with Crippen molar-refractivity contribution in [3.8, 4) is 23.0 Å². The molecular weight excluding hydrogens is 619 g/mol. The summed E-state index contributed by atoms with van der Waals surface area (Å²) in [5, 5.41) is 4.04. The Bertz CT molecular complexity index is 2010. The number of carbonyl (C=O) groups excluding carboxylic acids is 1. The van der Waals surface area contributed by atoms with Gasteiger partial charge in [-0.25, -0.2) is 9.78 Å². The maximum Gasteiger partial charge on any atom is 0.326 e. The summed E-state index contributed by atoms with van der Waals surface area (Å²) in [6.45, 7) is 15.7. The summed E-state index contributed by atoms with van der Waals surface area (Å²) in [6, 6.07) is 28.4. The molecule has 0 saturated carbocycles. The van der Waals surface area contributed by atoms with E-state index in [9.17, 15) is 9.59 Å². The molecule has 0 aliphatic heterocycles. The average Bonchev–Trinajstić information content (AvgIpc) is 3.11. The number of urea groups is 1. The van der Waals surface area contributed by atoms with Crippen LogP contribution in [-0.4, -0.2) is 40.5 Å². The van der Waals surface area contributed by atoms with Crippen molar-refractivity contribution >= 4 is 28.4 Å². The highest BCUT2D eigenvalue weighted by molar-refractivity contribution is 6.03. The standard InChI is InChI=1S/C43H49N5O2/c1-7-9-24-48(39-28-35-21-14-22-44-41(35)46-42(39)49)43(50)45-40-37(30(3)4)26-36(27-38(40)31(5)6)34-20-13-18-32(25-34)19-15-23-47(8-2)29-33-16-11-10-12-17-33/h10-14,16-18,20-22,25-28,30-31H,7-9,23-24,29H2,1-6H3,(H,45,50)(H,44,46,49). The van der Waals surface area contributed by atoms with Crippen molar-refractivity contribution in [2.75, 3.05) is 29.9 Å². The largest absolute Gasteiger partial charge is 0.326 e. The van der Waals surface area contributed by atoms with Crippen LogP contribution in [0.4, 0.5) is 16.2 Å². The Morgan fingerprint density at radius 3 is 2.30 bits per heavy atom. The van der Waals surface area contributed by atoms with E-state index < -0.39 is 0 Å². The number of aromatic amines is 1. The number of rotatable bonds is 12.